The van der Waals surface area contributed by atoms with E-state index in [1.165, 1.54) is 6.92 Å². The first-order valence-electron chi connectivity index (χ1n) is 5.25. The Bertz CT molecular complexity index is 487. The number of halogens is 1. The second kappa shape index (κ2) is 4.49. The van der Waals surface area contributed by atoms with Crippen molar-refractivity contribution in [2.45, 2.75) is 24.8 Å². The SMILES string of the molecule is CC(=O)C(Br)c1ccc2c(c1)NC(=O)C(C)O2. The standard InChI is InChI=1S/C12H12BrNO3/c1-6(15)11(13)8-3-4-10-9(5-8)14-12(16)7(2)17-10/h3-5,7,11H,1-2H3,(H,14,16). The van der Waals surface area contributed by atoms with Crippen molar-refractivity contribution in [1.82, 2.24) is 0 Å². The molecule has 0 saturated carbocycles. The third-order valence-electron chi connectivity index (χ3n) is 2.58. The summed E-state index contributed by atoms with van der Waals surface area (Å²) in [6.07, 6.45) is -0.485. The normalized spacial score (nSPS) is 19.9. The monoisotopic (exact) mass is 297 g/mol. The van der Waals surface area contributed by atoms with E-state index in [1.54, 1.807) is 19.1 Å². The van der Waals surface area contributed by atoms with E-state index in [9.17, 15) is 9.59 Å². The Kier molecular flexibility index (Phi) is 3.19. The topological polar surface area (TPSA) is 55.4 Å². The Morgan fingerprint density at radius 3 is 2.88 bits per heavy atom. The molecule has 0 radical (unpaired) electrons. The van der Waals surface area contributed by atoms with Crippen molar-refractivity contribution in [3.63, 3.8) is 0 Å². The van der Waals surface area contributed by atoms with Crippen LogP contribution in [0.3, 0.4) is 0 Å². The van der Waals surface area contributed by atoms with Gasteiger partial charge in [0.05, 0.1) is 10.5 Å². The molecule has 1 N–H and O–H groups in total. The van der Waals surface area contributed by atoms with Crippen LogP contribution in [0.15, 0.2) is 18.2 Å². The summed E-state index contributed by atoms with van der Waals surface area (Å²) in [4.78, 5) is 22.4. The number of anilines is 1. The van der Waals surface area contributed by atoms with Crippen molar-refractivity contribution in [2.75, 3.05) is 5.32 Å². The zero-order valence-electron chi connectivity index (χ0n) is 9.49. The summed E-state index contributed by atoms with van der Waals surface area (Å²) in [6, 6.07) is 5.32. The van der Waals surface area contributed by atoms with Gasteiger partial charge in [-0.25, -0.2) is 0 Å². The van der Waals surface area contributed by atoms with Crippen molar-refractivity contribution >= 4 is 33.3 Å². The molecule has 1 aliphatic rings. The predicted molar refractivity (Wildman–Crippen MR) is 67.5 cm³/mol. The summed E-state index contributed by atoms with van der Waals surface area (Å²) in [5, 5.41) is 2.75. The minimum atomic E-state index is -0.485. The maximum atomic E-state index is 11.5. The Morgan fingerprint density at radius 2 is 2.24 bits per heavy atom. The van der Waals surface area contributed by atoms with Gasteiger partial charge in [-0.2, -0.15) is 0 Å². The smallest absolute Gasteiger partial charge is 0.265 e. The van der Waals surface area contributed by atoms with E-state index in [-0.39, 0.29) is 16.5 Å². The molecule has 0 aromatic heterocycles. The Morgan fingerprint density at radius 1 is 1.53 bits per heavy atom. The fourth-order valence-corrected chi connectivity index (χ4v) is 1.90. The molecule has 2 unspecified atom stereocenters. The van der Waals surface area contributed by atoms with E-state index in [0.717, 1.165) is 5.56 Å². The minimum Gasteiger partial charge on any atom is -0.479 e. The lowest BCUT2D eigenvalue weighted by Gasteiger charge is -2.24. The van der Waals surface area contributed by atoms with Gasteiger partial charge in [-0.1, -0.05) is 22.0 Å². The summed E-state index contributed by atoms with van der Waals surface area (Å²) in [6.45, 7) is 3.20. The van der Waals surface area contributed by atoms with Crippen LogP contribution in [-0.2, 0) is 9.59 Å². The van der Waals surface area contributed by atoms with Crippen LogP contribution in [0.5, 0.6) is 5.75 Å². The molecule has 1 amide bonds. The molecule has 1 aromatic rings. The number of alkyl halides is 1. The number of carbonyl (C=O) groups excluding carboxylic acids is 2. The molecule has 0 fully saturated rings. The summed E-state index contributed by atoms with van der Waals surface area (Å²) in [5.74, 6) is 0.467. The number of rotatable bonds is 2. The Labute approximate surface area is 107 Å². The van der Waals surface area contributed by atoms with E-state index in [1.807, 2.05) is 6.07 Å². The molecule has 1 aromatic carbocycles. The Hall–Kier alpha value is -1.36. The fourth-order valence-electron chi connectivity index (χ4n) is 1.62. The maximum absolute atomic E-state index is 11.5. The van der Waals surface area contributed by atoms with E-state index in [4.69, 9.17) is 4.74 Å². The van der Waals surface area contributed by atoms with Crippen molar-refractivity contribution in [1.29, 1.82) is 0 Å². The molecule has 0 aliphatic carbocycles. The number of ether oxygens (including phenoxy) is 1. The van der Waals surface area contributed by atoms with Gasteiger partial charge < -0.3 is 10.1 Å². The maximum Gasteiger partial charge on any atom is 0.265 e. The third kappa shape index (κ3) is 2.34. The number of hydrogen-bond acceptors (Lipinski definition) is 3. The number of carbonyl (C=O) groups is 2. The van der Waals surface area contributed by atoms with Crippen LogP contribution >= 0.6 is 15.9 Å². The predicted octanol–water partition coefficient (Wildman–Crippen LogP) is 2.43. The highest BCUT2D eigenvalue weighted by Crippen LogP contribution is 2.34. The van der Waals surface area contributed by atoms with E-state index in [0.29, 0.717) is 11.4 Å². The minimum absolute atomic E-state index is 0.0152. The lowest BCUT2D eigenvalue weighted by molar-refractivity contribution is -0.122. The van der Waals surface area contributed by atoms with Gasteiger partial charge in [-0.15, -0.1) is 0 Å². The summed E-state index contributed by atoms with van der Waals surface area (Å²) >= 11 is 3.30. The summed E-state index contributed by atoms with van der Waals surface area (Å²) < 4.78 is 5.43. The average molecular weight is 298 g/mol. The Balaban J connectivity index is 2.35. The highest BCUT2D eigenvalue weighted by Gasteiger charge is 2.24. The quantitative estimate of drug-likeness (QED) is 0.853. The average Bonchev–Trinajstić information content (AvgIpc) is 2.29. The number of hydrogen-bond donors (Lipinski definition) is 1. The molecule has 0 saturated heterocycles. The fraction of sp³-hybridized carbons (Fsp3) is 0.333. The van der Waals surface area contributed by atoms with E-state index in [2.05, 4.69) is 21.2 Å². The highest BCUT2D eigenvalue weighted by molar-refractivity contribution is 9.09. The molecule has 4 nitrogen and oxygen atoms in total. The second-order valence-corrected chi connectivity index (χ2v) is 4.89. The van der Waals surface area contributed by atoms with Gasteiger partial charge in [-0.05, 0) is 31.5 Å². The van der Waals surface area contributed by atoms with Crippen LogP contribution in [0.4, 0.5) is 5.69 Å². The van der Waals surface area contributed by atoms with Crippen molar-refractivity contribution in [2.24, 2.45) is 0 Å². The van der Waals surface area contributed by atoms with Gasteiger partial charge in [-0.3, -0.25) is 9.59 Å². The van der Waals surface area contributed by atoms with Gasteiger partial charge in [0.2, 0.25) is 0 Å². The van der Waals surface area contributed by atoms with Crippen LogP contribution in [0.2, 0.25) is 0 Å². The molecule has 90 valence electrons. The van der Waals surface area contributed by atoms with E-state index >= 15 is 0 Å². The van der Waals surface area contributed by atoms with Gasteiger partial charge in [0.15, 0.2) is 6.10 Å². The highest BCUT2D eigenvalue weighted by atomic mass is 79.9. The number of amides is 1. The molecule has 1 aliphatic heterocycles. The number of fused-ring (bicyclic) bond motifs is 1. The van der Waals surface area contributed by atoms with E-state index < -0.39 is 6.10 Å². The zero-order chi connectivity index (χ0) is 12.6. The van der Waals surface area contributed by atoms with Crippen LogP contribution in [0.1, 0.15) is 24.2 Å². The lowest BCUT2D eigenvalue weighted by Crippen LogP contribution is -2.34. The van der Waals surface area contributed by atoms with Gasteiger partial charge in [0.1, 0.15) is 11.5 Å². The van der Waals surface area contributed by atoms with Crippen LogP contribution in [-0.4, -0.2) is 17.8 Å². The number of benzene rings is 1. The molecule has 17 heavy (non-hydrogen) atoms. The first-order chi connectivity index (χ1) is 7.99. The van der Waals surface area contributed by atoms with Crippen LogP contribution in [0, 0.1) is 0 Å². The van der Waals surface area contributed by atoms with Gasteiger partial charge in [0, 0.05) is 0 Å². The molecule has 5 heteroatoms. The van der Waals surface area contributed by atoms with Crippen molar-refractivity contribution < 1.29 is 14.3 Å². The van der Waals surface area contributed by atoms with Gasteiger partial charge in [0.25, 0.3) is 5.91 Å². The van der Waals surface area contributed by atoms with Crippen molar-refractivity contribution in [3.05, 3.63) is 23.8 Å². The van der Waals surface area contributed by atoms with Crippen molar-refractivity contribution in [3.8, 4) is 5.75 Å². The lowest BCUT2D eigenvalue weighted by atomic mass is 10.1. The number of nitrogens with one attached hydrogen (secondary N) is 1. The van der Waals surface area contributed by atoms with Gasteiger partial charge >= 0.3 is 0 Å². The number of ketones is 1. The molecular weight excluding hydrogens is 286 g/mol. The second-order valence-electron chi connectivity index (χ2n) is 3.98. The molecule has 0 bridgehead atoms. The van der Waals surface area contributed by atoms with Crippen LogP contribution in [0.25, 0.3) is 0 Å². The first-order valence-corrected chi connectivity index (χ1v) is 6.16. The third-order valence-corrected chi connectivity index (χ3v) is 3.76. The molecule has 2 atom stereocenters. The summed E-state index contributed by atoms with van der Waals surface area (Å²) in [5.41, 5.74) is 1.41. The molecular formula is C12H12BrNO3. The largest absolute Gasteiger partial charge is 0.479 e. The molecule has 0 spiro atoms. The first kappa shape index (κ1) is 12.1. The molecule has 2 rings (SSSR count). The molecule has 1 heterocycles. The van der Waals surface area contributed by atoms with Crippen LogP contribution < -0.4 is 10.1 Å². The number of Topliss-reactive ketones (excluding diaryl/α,β-unsaturated/α-hetero) is 1. The summed E-state index contributed by atoms with van der Waals surface area (Å²) in [7, 11) is 0. The zero-order valence-corrected chi connectivity index (χ0v) is 11.1.